The predicted molar refractivity (Wildman–Crippen MR) is 68.5 cm³/mol. The molecule has 0 amide bonds. The molecule has 1 aliphatic heterocycles. The lowest BCUT2D eigenvalue weighted by Crippen LogP contribution is -2.34. The minimum absolute atomic E-state index is 0.269. The zero-order chi connectivity index (χ0) is 12.2. The second-order valence-corrected chi connectivity index (χ2v) is 4.41. The average molecular weight is 244 g/mol. The van der Waals surface area contributed by atoms with Gasteiger partial charge in [0.1, 0.15) is 11.8 Å². The van der Waals surface area contributed by atoms with Crippen LogP contribution >= 0.6 is 0 Å². The van der Waals surface area contributed by atoms with Crippen molar-refractivity contribution in [2.24, 2.45) is 0 Å². The number of furan rings is 1. The van der Waals surface area contributed by atoms with Gasteiger partial charge in [0.05, 0.1) is 6.26 Å². The van der Waals surface area contributed by atoms with Crippen molar-refractivity contribution >= 4 is 0 Å². The molecule has 0 radical (unpaired) electrons. The molecule has 1 aliphatic rings. The van der Waals surface area contributed by atoms with E-state index in [2.05, 4.69) is 10.3 Å². The molecule has 2 aromatic heterocycles. The first-order chi connectivity index (χ1) is 8.92. The van der Waals surface area contributed by atoms with Gasteiger partial charge in [0.15, 0.2) is 5.76 Å². The van der Waals surface area contributed by atoms with Crippen LogP contribution < -0.4 is 10.1 Å². The largest absolute Gasteiger partial charge is 0.474 e. The standard InChI is InChI=1S/C14H16N2O2/c1-3-12(13-4-2-10-17-13)16-14(5-1)18-11-6-8-15-9-7-11/h1-5,10-11,15H,6-9H2. The maximum absolute atomic E-state index is 5.90. The van der Waals surface area contributed by atoms with Crippen molar-refractivity contribution in [3.8, 4) is 17.3 Å². The molecular formula is C14H16N2O2. The smallest absolute Gasteiger partial charge is 0.214 e. The number of piperidine rings is 1. The fourth-order valence-corrected chi connectivity index (χ4v) is 2.13. The highest BCUT2D eigenvalue weighted by Gasteiger charge is 2.15. The van der Waals surface area contributed by atoms with Crippen LogP contribution in [0.4, 0.5) is 0 Å². The van der Waals surface area contributed by atoms with E-state index in [0.29, 0.717) is 5.88 Å². The van der Waals surface area contributed by atoms with Gasteiger partial charge in [-0.2, -0.15) is 0 Å². The van der Waals surface area contributed by atoms with Gasteiger partial charge in [0.2, 0.25) is 5.88 Å². The van der Waals surface area contributed by atoms with Crippen LogP contribution in [0, 0.1) is 0 Å². The number of rotatable bonds is 3. The van der Waals surface area contributed by atoms with Crippen molar-refractivity contribution < 1.29 is 9.15 Å². The minimum Gasteiger partial charge on any atom is -0.474 e. The van der Waals surface area contributed by atoms with Crippen LogP contribution in [-0.2, 0) is 0 Å². The Bertz CT molecular complexity index is 490. The van der Waals surface area contributed by atoms with Crippen LogP contribution in [0.2, 0.25) is 0 Å². The van der Waals surface area contributed by atoms with Gasteiger partial charge in [-0.05, 0) is 44.1 Å². The highest BCUT2D eigenvalue weighted by atomic mass is 16.5. The Morgan fingerprint density at radius 1 is 1.17 bits per heavy atom. The number of nitrogens with zero attached hydrogens (tertiary/aromatic N) is 1. The van der Waals surface area contributed by atoms with E-state index < -0.39 is 0 Å². The molecule has 1 N–H and O–H groups in total. The van der Waals surface area contributed by atoms with Crippen LogP contribution in [0.25, 0.3) is 11.5 Å². The molecule has 3 heterocycles. The summed E-state index contributed by atoms with van der Waals surface area (Å²) in [6.07, 6.45) is 3.99. The van der Waals surface area contributed by atoms with Crippen molar-refractivity contribution in [1.29, 1.82) is 0 Å². The molecule has 0 unspecified atom stereocenters. The third-order valence-corrected chi connectivity index (χ3v) is 3.07. The fraction of sp³-hybridized carbons (Fsp3) is 0.357. The molecular weight excluding hydrogens is 228 g/mol. The maximum atomic E-state index is 5.90. The Hall–Kier alpha value is -1.81. The van der Waals surface area contributed by atoms with E-state index in [9.17, 15) is 0 Å². The molecule has 0 spiro atoms. The fourth-order valence-electron chi connectivity index (χ4n) is 2.13. The van der Waals surface area contributed by atoms with Crippen LogP contribution in [0.15, 0.2) is 41.0 Å². The van der Waals surface area contributed by atoms with Gasteiger partial charge in [-0.3, -0.25) is 0 Å². The summed E-state index contributed by atoms with van der Waals surface area (Å²) in [5, 5.41) is 3.32. The van der Waals surface area contributed by atoms with E-state index in [0.717, 1.165) is 37.4 Å². The van der Waals surface area contributed by atoms with Gasteiger partial charge in [-0.25, -0.2) is 4.98 Å². The van der Waals surface area contributed by atoms with Gasteiger partial charge >= 0.3 is 0 Å². The van der Waals surface area contributed by atoms with Gasteiger partial charge in [-0.15, -0.1) is 0 Å². The second-order valence-electron chi connectivity index (χ2n) is 4.41. The first kappa shape index (κ1) is 11.3. The van der Waals surface area contributed by atoms with Crippen LogP contribution in [0.3, 0.4) is 0 Å². The van der Waals surface area contributed by atoms with Gasteiger partial charge < -0.3 is 14.5 Å². The van der Waals surface area contributed by atoms with E-state index in [1.807, 2.05) is 30.3 Å². The first-order valence-electron chi connectivity index (χ1n) is 6.30. The molecule has 0 aromatic carbocycles. The summed E-state index contributed by atoms with van der Waals surface area (Å²) in [5.41, 5.74) is 0.812. The van der Waals surface area contributed by atoms with Crippen LogP contribution in [0.5, 0.6) is 5.88 Å². The summed E-state index contributed by atoms with van der Waals surface area (Å²) in [7, 11) is 0. The number of aromatic nitrogens is 1. The molecule has 1 saturated heterocycles. The SMILES string of the molecule is c1cc(OC2CCNCC2)nc(-c2ccco2)c1. The molecule has 0 bridgehead atoms. The second kappa shape index (κ2) is 5.23. The summed E-state index contributed by atoms with van der Waals surface area (Å²) < 4.78 is 11.2. The van der Waals surface area contributed by atoms with Crippen LogP contribution in [-0.4, -0.2) is 24.2 Å². The third-order valence-electron chi connectivity index (χ3n) is 3.07. The molecule has 0 saturated carbocycles. The van der Waals surface area contributed by atoms with Gasteiger partial charge in [0.25, 0.3) is 0 Å². The number of hydrogen-bond acceptors (Lipinski definition) is 4. The number of ether oxygens (including phenoxy) is 1. The highest BCUT2D eigenvalue weighted by Crippen LogP contribution is 2.21. The number of nitrogens with one attached hydrogen (secondary N) is 1. The third kappa shape index (κ3) is 2.54. The molecule has 3 rings (SSSR count). The summed E-state index contributed by atoms with van der Waals surface area (Å²) in [5.74, 6) is 1.45. The zero-order valence-corrected chi connectivity index (χ0v) is 10.1. The topological polar surface area (TPSA) is 47.3 Å². The molecule has 94 valence electrons. The lowest BCUT2D eigenvalue weighted by atomic mass is 10.1. The Kier molecular flexibility index (Phi) is 3.28. The van der Waals surface area contributed by atoms with E-state index in [1.54, 1.807) is 6.26 Å². The van der Waals surface area contributed by atoms with Crippen molar-refractivity contribution in [3.63, 3.8) is 0 Å². The van der Waals surface area contributed by atoms with E-state index >= 15 is 0 Å². The number of hydrogen-bond donors (Lipinski definition) is 1. The Morgan fingerprint density at radius 2 is 2.06 bits per heavy atom. The summed E-state index contributed by atoms with van der Waals surface area (Å²) in [6.45, 7) is 2.03. The molecule has 18 heavy (non-hydrogen) atoms. The Labute approximate surface area is 106 Å². The van der Waals surface area contributed by atoms with Crippen molar-refractivity contribution in [1.82, 2.24) is 10.3 Å². The predicted octanol–water partition coefficient (Wildman–Crippen LogP) is 2.47. The molecule has 2 aromatic rings. The van der Waals surface area contributed by atoms with Gasteiger partial charge in [-0.1, -0.05) is 6.07 Å². The normalized spacial score (nSPS) is 16.7. The Morgan fingerprint density at radius 3 is 2.83 bits per heavy atom. The van der Waals surface area contributed by atoms with Gasteiger partial charge in [0, 0.05) is 6.07 Å². The summed E-state index contributed by atoms with van der Waals surface area (Å²) in [4.78, 5) is 4.47. The lowest BCUT2D eigenvalue weighted by molar-refractivity contribution is 0.156. The Balaban J connectivity index is 1.74. The van der Waals surface area contributed by atoms with Crippen molar-refractivity contribution in [2.45, 2.75) is 18.9 Å². The molecule has 4 nitrogen and oxygen atoms in total. The van der Waals surface area contributed by atoms with E-state index in [1.165, 1.54) is 0 Å². The van der Waals surface area contributed by atoms with Crippen molar-refractivity contribution in [3.05, 3.63) is 36.6 Å². The molecule has 4 heteroatoms. The van der Waals surface area contributed by atoms with E-state index in [-0.39, 0.29) is 6.10 Å². The quantitative estimate of drug-likeness (QED) is 0.901. The average Bonchev–Trinajstić information content (AvgIpc) is 2.94. The highest BCUT2D eigenvalue weighted by molar-refractivity contribution is 5.52. The zero-order valence-electron chi connectivity index (χ0n) is 10.1. The molecule has 0 aliphatic carbocycles. The first-order valence-corrected chi connectivity index (χ1v) is 6.30. The minimum atomic E-state index is 0.269. The van der Waals surface area contributed by atoms with Crippen molar-refractivity contribution in [2.75, 3.05) is 13.1 Å². The van der Waals surface area contributed by atoms with E-state index in [4.69, 9.17) is 9.15 Å². The molecule has 0 atom stereocenters. The summed E-state index contributed by atoms with van der Waals surface area (Å²) in [6, 6.07) is 9.53. The number of pyridine rings is 1. The lowest BCUT2D eigenvalue weighted by Gasteiger charge is -2.23. The monoisotopic (exact) mass is 244 g/mol. The summed E-state index contributed by atoms with van der Waals surface area (Å²) >= 11 is 0. The maximum Gasteiger partial charge on any atom is 0.214 e. The van der Waals surface area contributed by atoms with Crippen LogP contribution in [0.1, 0.15) is 12.8 Å². The molecule has 1 fully saturated rings.